The van der Waals surface area contributed by atoms with Gasteiger partial charge in [-0.2, -0.15) is 11.8 Å². The normalized spacial score (nSPS) is 18.3. The molecule has 2 aromatic rings. The zero-order chi connectivity index (χ0) is 71.3. The Balaban J connectivity index is 1.38. The molecule has 3 fully saturated rings. The number of nitrogens with two attached hydrogens (primary N) is 7. The molecule has 0 radical (unpaired) electrons. The molecule has 20 N–H and O–H groups in total. The van der Waals surface area contributed by atoms with E-state index in [0.29, 0.717) is 55.4 Å². The summed E-state index contributed by atoms with van der Waals surface area (Å²) in [6, 6.07) is 5.31. The molecule has 13 amide bonds. The molecule has 3 heterocycles. The van der Waals surface area contributed by atoms with Gasteiger partial charge in [-0.15, -0.1) is 0 Å². The first-order valence-corrected chi connectivity index (χ1v) is 34.6. The highest BCUT2D eigenvalue weighted by atomic mass is 32.2. The third-order valence-electron chi connectivity index (χ3n) is 17.2. The van der Waals surface area contributed by atoms with Crippen LogP contribution in [0, 0.1) is 5.92 Å². The van der Waals surface area contributed by atoms with E-state index >= 15 is 9.59 Å². The lowest BCUT2D eigenvalue weighted by molar-refractivity contribution is -0.157. The summed E-state index contributed by atoms with van der Waals surface area (Å²) in [5, 5.41) is 16.1. The highest BCUT2D eigenvalue weighted by Gasteiger charge is 2.46. The molecule has 10 atom stereocenters. The highest BCUT2D eigenvalue weighted by Crippen LogP contribution is 2.26. The van der Waals surface area contributed by atoms with Crippen molar-refractivity contribution >= 4 is 94.5 Å². The predicted molar refractivity (Wildman–Crippen MR) is 363 cm³/mol. The van der Waals surface area contributed by atoms with E-state index in [1.807, 2.05) is 20.1 Å². The summed E-state index contributed by atoms with van der Waals surface area (Å²) in [6.45, 7) is 3.46. The molecule has 0 saturated carbocycles. The van der Waals surface area contributed by atoms with Gasteiger partial charge in [-0.3, -0.25) is 67.3 Å². The standard InChI is InChI=1S/C65H100N18O13S/c1-39(2)35-47(57(89)76-43(55(70)87)27-34-97-3)75-54(86)38-74-58(90)50(36-40-15-6-4-7-16-40)82-32-33-83(51(64(82)96)37-41-17-8-5-9-18-41)63(95)46(24-26-53(69)85)78-56(88)44(23-25-52(68)84)77-59(91)49-22-14-31-81(49)62(94)45(20-10-11-28-66)79-60(92)48-21-13-30-80(48)61(93)42(67)19-12-29-73-65(71)72/h4-9,15-18,39,42-51H,10-14,19-38,66-67H2,1-3H3,(H2,68,84)(H2,69,85)(H2,70,87)(H,74,90)(H,75,86)(H,76,89)(H,77,91)(H,78,88)(H,79,92)(H4,71,72,73)/t42-,43-,44-,45-,46-,47-,48-,49-,50-,51-/m0/s1. The molecule has 0 aromatic heterocycles. The average molecular weight is 1370 g/mol. The van der Waals surface area contributed by atoms with Gasteiger partial charge in [0.15, 0.2) is 5.96 Å². The smallest absolute Gasteiger partial charge is 0.246 e. The minimum atomic E-state index is -1.59. The first-order chi connectivity index (χ1) is 46.2. The molecule has 32 heteroatoms. The van der Waals surface area contributed by atoms with Crippen LogP contribution in [0.1, 0.15) is 121 Å². The van der Waals surface area contributed by atoms with Crippen LogP contribution in [-0.4, -0.2) is 221 Å². The Bertz CT molecular complexity index is 3070. The van der Waals surface area contributed by atoms with E-state index in [-0.39, 0.29) is 103 Å². The van der Waals surface area contributed by atoms with E-state index in [1.54, 1.807) is 60.7 Å². The van der Waals surface area contributed by atoms with Crippen LogP contribution in [0.4, 0.5) is 0 Å². The zero-order valence-electron chi connectivity index (χ0n) is 55.8. The summed E-state index contributed by atoms with van der Waals surface area (Å²) in [5.74, 6) is -9.16. The molecular formula is C65H100N18O13S. The lowest BCUT2D eigenvalue weighted by Crippen LogP contribution is -2.66. The number of unbranched alkanes of at least 4 members (excludes halogenated alkanes) is 1. The van der Waals surface area contributed by atoms with Gasteiger partial charge in [0, 0.05) is 58.4 Å². The second-order valence-corrected chi connectivity index (χ2v) is 26.1. The minimum absolute atomic E-state index is 0.0481. The van der Waals surface area contributed by atoms with Gasteiger partial charge in [0.25, 0.3) is 0 Å². The number of amides is 13. The number of primary amides is 3. The summed E-state index contributed by atoms with van der Waals surface area (Å²) in [6.07, 6.45) is 3.44. The van der Waals surface area contributed by atoms with E-state index in [9.17, 15) is 52.7 Å². The summed E-state index contributed by atoms with van der Waals surface area (Å²) >= 11 is 1.46. The fraction of sp³-hybridized carbons (Fsp3) is 0.600. The molecule has 3 aliphatic rings. The number of guanidine groups is 1. The van der Waals surface area contributed by atoms with Crippen LogP contribution in [0.3, 0.4) is 0 Å². The fourth-order valence-corrected chi connectivity index (χ4v) is 12.6. The van der Waals surface area contributed by atoms with Gasteiger partial charge < -0.3 is 91.6 Å². The van der Waals surface area contributed by atoms with Crippen molar-refractivity contribution < 1.29 is 62.3 Å². The first kappa shape index (κ1) is 78.8. The summed E-state index contributed by atoms with van der Waals surface area (Å²) in [4.78, 5) is 190. The van der Waals surface area contributed by atoms with Crippen molar-refractivity contribution in [3.05, 3.63) is 71.8 Å². The van der Waals surface area contributed by atoms with Crippen molar-refractivity contribution in [2.75, 3.05) is 57.8 Å². The lowest BCUT2D eigenvalue weighted by Gasteiger charge is -2.44. The monoisotopic (exact) mass is 1370 g/mol. The van der Waals surface area contributed by atoms with E-state index in [2.05, 4.69) is 36.9 Å². The van der Waals surface area contributed by atoms with Gasteiger partial charge in [-0.05, 0) is 119 Å². The highest BCUT2D eigenvalue weighted by molar-refractivity contribution is 7.98. The Morgan fingerprint density at radius 3 is 1.70 bits per heavy atom. The number of thioether (sulfide) groups is 1. The number of nitrogens with zero attached hydrogens (tertiary/aromatic N) is 5. The summed E-state index contributed by atoms with van der Waals surface area (Å²) in [7, 11) is 0. The molecule has 0 unspecified atom stereocenters. The Hall–Kier alpha value is -8.91. The largest absolute Gasteiger partial charge is 0.370 e. The van der Waals surface area contributed by atoms with E-state index in [4.69, 9.17) is 40.1 Å². The van der Waals surface area contributed by atoms with Crippen molar-refractivity contribution in [3.8, 4) is 0 Å². The first-order valence-electron chi connectivity index (χ1n) is 33.2. The second kappa shape index (κ2) is 40.0. The number of hydrogen-bond donors (Lipinski definition) is 13. The Kier molecular flexibility index (Phi) is 32.5. The second-order valence-electron chi connectivity index (χ2n) is 25.1. The maximum Gasteiger partial charge on any atom is 0.246 e. The number of benzene rings is 2. The van der Waals surface area contributed by atoms with Crippen LogP contribution < -0.4 is 72.0 Å². The molecule has 2 aromatic carbocycles. The van der Waals surface area contributed by atoms with Crippen LogP contribution in [0.2, 0.25) is 0 Å². The summed E-state index contributed by atoms with van der Waals surface area (Å²) < 4.78 is 0. The average Bonchev–Trinajstić information content (AvgIpc) is 1.41. The van der Waals surface area contributed by atoms with Gasteiger partial charge in [0.05, 0.1) is 12.6 Å². The fourth-order valence-electron chi connectivity index (χ4n) is 12.1. The molecule has 0 aliphatic carbocycles. The Morgan fingerprint density at radius 1 is 0.588 bits per heavy atom. The number of rotatable bonds is 40. The SMILES string of the molecule is CSCC[C@H](NC(=O)[C@H](CC(C)C)NC(=O)CNC(=O)[C@H](Cc1ccccc1)N1CCN(C(=O)[C@H](CCC(N)=O)NC(=O)[C@H](CCC(N)=O)NC(=O)[C@@H]2CCCN2C(=O)[C@H](CCCCN)NC(=O)[C@@H]2CCCN2C(=O)[C@@H](N)CCCN=C(N)N)[C@@H](Cc2ccccc2)C1=O)C(N)=O. The number of piperazine rings is 1. The van der Waals surface area contributed by atoms with Gasteiger partial charge in [-0.1, -0.05) is 74.5 Å². The molecule has 97 heavy (non-hydrogen) atoms. The van der Waals surface area contributed by atoms with Crippen molar-refractivity contribution in [1.82, 2.24) is 51.5 Å². The molecule has 3 aliphatic heterocycles. The number of aliphatic imine (C=N–C) groups is 1. The number of likely N-dealkylation sites (tertiary alicyclic amines) is 2. The maximum atomic E-state index is 15.3. The maximum absolute atomic E-state index is 15.3. The Morgan fingerprint density at radius 2 is 1.13 bits per heavy atom. The lowest BCUT2D eigenvalue weighted by atomic mass is 9.96. The topological polar surface area (TPSA) is 502 Å². The number of carbonyl (C=O) groups excluding carboxylic acids is 13. The van der Waals surface area contributed by atoms with Crippen LogP contribution in [-0.2, 0) is 75.2 Å². The predicted octanol–water partition coefficient (Wildman–Crippen LogP) is -3.27. The van der Waals surface area contributed by atoms with Crippen molar-refractivity contribution in [2.24, 2.45) is 51.0 Å². The van der Waals surface area contributed by atoms with Crippen molar-refractivity contribution in [1.29, 1.82) is 0 Å². The van der Waals surface area contributed by atoms with Crippen molar-refractivity contribution in [2.45, 2.75) is 183 Å². The van der Waals surface area contributed by atoms with E-state index in [0.717, 1.165) is 0 Å². The number of nitrogens with one attached hydrogen (secondary N) is 6. The quantitative estimate of drug-likeness (QED) is 0.0177. The molecule has 0 spiro atoms. The van der Waals surface area contributed by atoms with Gasteiger partial charge in [0.1, 0.15) is 54.4 Å². The van der Waals surface area contributed by atoms with Gasteiger partial charge >= 0.3 is 0 Å². The van der Waals surface area contributed by atoms with Gasteiger partial charge in [0.2, 0.25) is 76.8 Å². The van der Waals surface area contributed by atoms with E-state index < -0.39 is 163 Å². The van der Waals surface area contributed by atoms with Crippen LogP contribution in [0.25, 0.3) is 0 Å². The minimum Gasteiger partial charge on any atom is -0.370 e. The van der Waals surface area contributed by atoms with Crippen LogP contribution in [0.5, 0.6) is 0 Å². The molecule has 534 valence electrons. The van der Waals surface area contributed by atoms with Crippen molar-refractivity contribution in [3.63, 3.8) is 0 Å². The van der Waals surface area contributed by atoms with Gasteiger partial charge in [-0.25, -0.2) is 0 Å². The number of carbonyl (C=O) groups is 13. The van der Waals surface area contributed by atoms with E-state index in [1.165, 1.54) is 31.4 Å². The Labute approximate surface area is 570 Å². The summed E-state index contributed by atoms with van der Waals surface area (Å²) in [5.41, 5.74) is 41.0. The third-order valence-corrected chi connectivity index (χ3v) is 17.9. The molecular weight excluding hydrogens is 1270 g/mol. The van der Waals surface area contributed by atoms with Crippen LogP contribution >= 0.6 is 11.8 Å². The third kappa shape index (κ3) is 24.9. The molecule has 31 nitrogen and oxygen atoms in total. The zero-order valence-corrected chi connectivity index (χ0v) is 56.6. The molecule has 5 rings (SSSR count). The molecule has 0 bridgehead atoms. The number of hydrogen-bond acceptors (Lipinski definition) is 17. The van der Waals surface area contributed by atoms with Crippen LogP contribution in [0.15, 0.2) is 65.7 Å². The molecule has 3 saturated heterocycles.